The van der Waals surface area contributed by atoms with Gasteiger partial charge in [-0.05, 0) is 48.6 Å². The first kappa shape index (κ1) is 26.0. The number of unbranched alkanes of at least 4 members (excludes halogenated alkanes) is 5. The number of methoxy groups -OCH3 is 2. The summed E-state index contributed by atoms with van der Waals surface area (Å²) in [6.07, 6.45) is 7.81. The normalized spacial score (nSPS) is 13.1. The van der Waals surface area contributed by atoms with E-state index in [1.165, 1.54) is 37.0 Å². The van der Waals surface area contributed by atoms with Crippen molar-refractivity contribution < 1.29 is 18.7 Å². The van der Waals surface area contributed by atoms with Crippen LogP contribution in [0, 0.1) is 6.92 Å². The summed E-state index contributed by atoms with van der Waals surface area (Å²) in [4.78, 5) is 33.6. The number of ether oxygens (including phenoxy) is 2. The quantitative estimate of drug-likeness (QED) is 0.336. The molecule has 0 spiro atoms. The highest BCUT2D eigenvalue weighted by Crippen LogP contribution is 2.35. The number of hydrogen-bond donors (Lipinski definition) is 1. The molecule has 3 heterocycles. The third kappa shape index (κ3) is 5.51. The molecule has 1 aliphatic heterocycles. The first-order valence-corrected chi connectivity index (χ1v) is 13.5. The van der Waals surface area contributed by atoms with Gasteiger partial charge in [-0.1, -0.05) is 39.0 Å². The molecule has 0 radical (unpaired) electrons. The molecular formula is C27H35N3O5S. The Bertz CT molecular complexity index is 1280. The van der Waals surface area contributed by atoms with Crippen LogP contribution in [-0.4, -0.2) is 43.1 Å². The van der Waals surface area contributed by atoms with Gasteiger partial charge in [-0.2, -0.15) is 4.98 Å². The topological polar surface area (TPSA) is 93.9 Å². The average molecular weight is 514 g/mol. The fourth-order valence-electron chi connectivity index (χ4n) is 4.65. The second-order valence-corrected chi connectivity index (χ2v) is 10.2. The molecule has 194 valence electrons. The van der Waals surface area contributed by atoms with Gasteiger partial charge in [0.05, 0.1) is 19.1 Å². The molecule has 0 unspecified atom stereocenters. The molecule has 1 amide bonds. The number of thiophene rings is 1. The van der Waals surface area contributed by atoms with Gasteiger partial charge in [0.1, 0.15) is 10.2 Å². The Morgan fingerprint density at radius 1 is 1.11 bits per heavy atom. The van der Waals surface area contributed by atoms with E-state index < -0.39 is 5.63 Å². The summed E-state index contributed by atoms with van der Waals surface area (Å²) in [5.41, 5.74) is 2.35. The molecule has 4 rings (SSSR count). The first-order chi connectivity index (χ1) is 17.5. The second kappa shape index (κ2) is 11.8. The predicted octanol–water partition coefficient (Wildman–Crippen LogP) is 5.55. The van der Waals surface area contributed by atoms with Crippen LogP contribution in [0.5, 0.6) is 11.5 Å². The van der Waals surface area contributed by atoms with Crippen molar-refractivity contribution in [1.82, 2.24) is 9.88 Å². The summed E-state index contributed by atoms with van der Waals surface area (Å²) in [5.74, 6) is 1.23. The average Bonchev–Trinajstić information content (AvgIpc) is 3.22. The van der Waals surface area contributed by atoms with E-state index in [0.717, 1.165) is 30.4 Å². The molecule has 2 aromatic heterocycles. The number of fused-ring (bicyclic) bond motifs is 2. The zero-order chi connectivity index (χ0) is 25.7. The van der Waals surface area contributed by atoms with Crippen molar-refractivity contribution in [3.63, 3.8) is 0 Å². The lowest BCUT2D eigenvalue weighted by atomic mass is 9.98. The van der Waals surface area contributed by atoms with Gasteiger partial charge in [-0.15, -0.1) is 11.3 Å². The van der Waals surface area contributed by atoms with Crippen LogP contribution >= 0.6 is 11.3 Å². The number of amides is 1. The minimum Gasteiger partial charge on any atom is -0.493 e. The molecule has 1 N–H and O–H groups in total. The maximum Gasteiger partial charge on any atom is 0.349 e. The Kier molecular flexibility index (Phi) is 8.51. The van der Waals surface area contributed by atoms with Gasteiger partial charge in [0, 0.05) is 19.6 Å². The smallest absolute Gasteiger partial charge is 0.349 e. The molecule has 1 aliphatic rings. The monoisotopic (exact) mass is 513 g/mol. The van der Waals surface area contributed by atoms with Crippen molar-refractivity contribution in [2.45, 2.75) is 65.3 Å². The van der Waals surface area contributed by atoms with Crippen molar-refractivity contribution in [2.75, 3.05) is 32.6 Å². The van der Waals surface area contributed by atoms with Crippen molar-refractivity contribution >= 4 is 33.5 Å². The first-order valence-electron chi connectivity index (χ1n) is 12.7. The summed E-state index contributed by atoms with van der Waals surface area (Å²) in [5, 5.41) is 3.52. The van der Waals surface area contributed by atoms with Crippen molar-refractivity contribution in [1.29, 1.82) is 0 Å². The molecule has 8 nitrogen and oxygen atoms in total. The molecular weight excluding hydrogens is 478 g/mol. The fraction of sp³-hybridized carbons (Fsp3) is 0.519. The fourth-order valence-corrected chi connectivity index (χ4v) is 5.78. The molecule has 0 aliphatic carbocycles. The minimum absolute atomic E-state index is 0.100. The lowest BCUT2D eigenvalue weighted by Crippen LogP contribution is -2.35. The van der Waals surface area contributed by atoms with Crippen LogP contribution in [0.3, 0.4) is 0 Å². The Hall–Kier alpha value is -3.07. The highest BCUT2D eigenvalue weighted by atomic mass is 32.1. The number of carbonyl (C=O) groups excluding carboxylic acids is 1. The SMILES string of the molecule is CCCCCCCCNc1nc2sc(C(=O)N3CCc4cc(OC)c(OC)cc4C3)c(C)c2c(=O)o1. The summed E-state index contributed by atoms with van der Waals surface area (Å²) >= 11 is 1.25. The number of aryl methyl sites for hydroxylation is 1. The molecule has 1 aromatic carbocycles. The van der Waals surface area contributed by atoms with Gasteiger partial charge in [0.25, 0.3) is 11.9 Å². The third-order valence-electron chi connectivity index (χ3n) is 6.73. The molecule has 3 aromatic rings. The van der Waals surface area contributed by atoms with Crippen LogP contribution in [0.4, 0.5) is 6.01 Å². The van der Waals surface area contributed by atoms with Gasteiger partial charge in [0.15, 0.2) is 11.5 Å². The highest BCUT2D eigenvalue weighted by molar-refractivity contribution is 7.20. The lowest BCUT2D eigenvalue weighted by molar-refractivity contribution is 0.0739. The van der Waals surface area contributed by atoms with Crippen LogP contribution in [-0.2, 0) is 13.0 Å². The Morgan fingerprint density at radius 2 is 1.81 bits per heavy atom. The number of rotatable bonds is 11. The van der Waals surface area contributed by atoms with E-state index in [1.807, 2.05) is 17.0 Å². The minimum atomic E-state index is -0.459. The molecule has 0 saturated heterocycles. The van der Waals surface area contributed by atoms with Gasteiger partial charge < -0.3 is 24.1 Å². The maximum atomic E-state index is 13.5. The predicted molar refractivity (Wildman–Crippen MR) is 143 cm³/mol. The third-order valence-corrected chi connectivity index (χ3v) is 7.90. The van der Waals surface area contributed by atoms with Crippen molar-refractivity contribution in [3.8, 4) is 11.5 Å². The van der Waals surface area contributed by atoms with Crippen LogP contribution in [0.15, 0.2) is 21.3 Å². The van der Waals surface area contributed by atoms with E-state index in [-0.39, 0.29) is 11.9 Å². The number of aromatic nitrogens is 1. The summed E-state index contributed by atoms with van der Waals surface area (Å²) in [6.45, 7) is 5.75. The lowest BCUT2D eigenvalue weighted by Gasteiger charge is -2.29. The van der Waals surface area contributed by atoms with Crippen LogP contribution < -0.4 is 20.4 Å². The molecule has 9 heteroatoms. The maximum absolute atomic E-state index is 13.5. The van der Waals surface area contributed by atoms with Crippen LogP contribution in [0.1, 0.15) is 71.8 Å². The van der Waals surface area contributed by atoms with Gasteiger partial charge in [-0.3, -0.25) is 4.79 Å². The van der Waals surface area contributed by atoms with E-state index in [1.54, 1.807) is 21.1 Å². The van der Waals surface area contributed by atoms with Crippen LogP contribution in [0.25, 0.3) is 10.2 Å². The molecule has 0 atom stereocenters. The van der Waals surface area contributed by atoms with Crippen LogP contribution in [0.2, 0.25) is 0 Å². The zero-order valence-corrected chi connectivity index (χ0v) is 22.4. The van der Waals surface area contributed by atoms with Crippen molar-refractivity contribution in [3.05, 3.63) is 44.1 Å². The molecule has 0 bridgehead atoms. The molecule has 0 fully saturated rings. The van der Waals surface area contributed by atoms with E-state index in [0.29, 0.717) is 51.8 Å². The Balaban J connectivity index is 1.48. The van der Waals surface area contributed by atoms with Gasteiger partial charge >= 0.3 is 5.63 Å². The standard InChI is InChI=1S/C27H35N3O5S/c1-5-6-7-8-9-10-12-28-27-29-24-22(26(32)35-27)17(2)23(36-24)25(31)30-13-11-18-14-20(33-3)21(34-4)15-19(18)16-30/h14-15H,5-13,16H2,1-4H3,(H,28,29). The molecule has 36 heavy (non-hydrogen) atoms. The van der Waals surface area contributed by atoms with E-state index in [9.17, 15) is 9.59 Å². The highest BCUT2D eigenvalue weighted by Gasteiger charge is 2.28. The summed E-state index contributed by atoms with van der Waals surface area (Å²) < 4.78 is 16.3. The van der Waals surface area contributed by atoms with E-state index in [2.05, 4.69) is 17.2 Å². The second-order valence-electron chi connectivity index (χ2n) is 9.19. The Morgan fingerprint density at radius 3 is 2.53 bits per heavy atom. The number of anilines is 1. The number of benzene rings is 1. The van der Waals surface area contributed by atoms with Crippen molar-refractivity contribution in [2.24, 2.45) is 0 Å². The number of nitrogens with zero attached hydrogens (tertiary/aromatic N) is 2. The zero-order valence-electron chi connectivity index (χ0n) is 21.6. The summed E-state index contributed by atoms with van der Waals surface area (Å²) in [6, 6.07) is 4.13. The Labute approximate surface area is 215 Å². The summed E-state index contributed by atoms with van der Waals surface area (Å²) in [7, 11) is 3.22. The van der Waals surface area contributed by atoms with Gasteiger partial charge in [0.2, 0.25) is 0 Å². The van der Waals surface area contributed by atoms with Gasteiger partial charge in [-0.25, -0.2) is 4.79 Å². The largest absolute Gasteiger partial charge is 0.493 e. The van der Waals surface area contributed by atoms with E-state index >= 15 is 0 Å². The molecule has 0 saturated carbocycles. The number of hydrogen-bond acceptors (Lipinski definition) is 8. The number of nitrogens with one attached hydrogen (secondary N) is 1. The van der Waals surface area contributed by atoms with E-state index in [4.69, 9.17) is 13.9 Å². The number of carbonyl (C=O) groups is 1.